The smallest absolute Gasteiger partial charge is 0.342 e. The third-order valence-corrected chi connectivity index (χ3v) is 4.08. The number of H-pyrrole nitrogens is 1. The van der Waals surface area contributed by atoms with Gasteiger partial charge in [0.1, 0.15) is 10.7 Å². The molecule has 0 radical (unpaired) electrons. The second-order valence-electron chi connectivity index (χ2n) is 4.75. The first-order valence-electron chi connectivity index (χ1n) is 6.87. The highest BCUT2D eigenvalue weighted by atomic mass is 32.2. The van der Waals surface area contributed by atoms with E-state index < -0.39 is 5.97 Å². The van der Waals surface area contributed by atoms with Gasteiger partial charge in [0.25, 0.3) is 0 Å². The van der Waals surface area contributed by atoms with Crippen molar-refractivity contribution in [2.24, 2.45) is 0 Å². The summed E-state index contributed by atoms with van der Waals surface area (Å²) in [4.78, 5) is 19.2. The molecular weight excluding hydrogens is 312 g/mol. The monoisotopic (exact) mass is 326 g/mol. The van der Waals surface area contributed by atoms with E-state index in [1.54, 1.807) is 19.3 Å². The van der Waals surface area contributed by atoms with E-state index in [0.717, 1.165) is 28.4 Å². The van der Waals surface area contributed by atoms with Gasteiger partial charge in [-0.1, -0.05) is 24.3 Å². The zero-order valence-electron chi connectivity index (χ0n) is 12.3. The molecule has 0 saturated heterocycles. The number of fused-ring (bicyclic) bond motifs is 1. The molecular formula is C17H14N2O3S. The van der Waals surface area contributed by atoms with Gasteiger partial charge < -0.3 is 14.8 Å². The molecule has 3 aromatic rings. The fourth-order valence-corrected chi connectivity index (χ4v) is 2.90. The number of aromatic nitrogens is 2. The number of thioether (sulfide) groups is 1. The maximum Gasteiger partial charge on any atom is 0.342 e. The second-order valence-corrected chi connectivity index (χ2v) is 5.78. The summed E-state index contributed by atoms with van der Waals surface area (Å²) in [5, 5.41) is 9.98. The van der Waals surface area contributed by atoms with E-state index >= 15 is 0 Å². The SMILES string of the molecule is COc1cccc(/C=C(\Sc2nc3ccccc3[nH]2)C(=O)O)c1. The second kappa shape index (κ2) is 6.58. The molecule has 0 aliphatic heterocycles. The number of methoxy groups -OCH3 is 1. The van der Waals surface area contributed by atoms with Gasteiger partial charge in [0.15, 0.2) is 5.16 Å². The Labute approximate surface area is 137 Å². The Morgan fingerprint density at radius 3 is 2.83 bits per heavy atom. The highest BCUT2D eigenvalue weighted by molar-refractivity contribution is 8.04. The number of para-hydroxylation sites is 2. The minimum atomic E-state index is -1.00. The number of aliphatic carboxylic acids is 1. The Kier molecular flexibility index (Phi) is 4.34. The Hall–Kier alpha value is -2.73. The molecule has 0 amide bonds. The molecule has 1 aromatic heterocycles. The molecule has 2 N–H and O–H groups in total. The minimum Gasteiger partial charge on any atom is -0.497 e. The molecule has 0 bridgehead atoms. The molecule has 0 unspecified atom stereocenters. The van der Waals surface area contributed by atoms with Crippen molar-refractivity contribution in [2.45, 2.75) is 5.16 Å². The first-order chi connectivity index (χ1) is 11.2. The summed E-state index contributed by atoms with van der Waals surface area (Å²) in [6.45, 7) is 0. The molecule has 116 valence electrons. The standard InChI is InChI=1S/C17H14N2O3S/c1-22-12-6-4-5-11(9-12)10-15(16(20)21)23-17-18-13-7-2-3-8-14(13)19-17/h2-10H,1H3,(H,18,19)(H,20,21)/b15-10-. The van der Waals surface area contributed by atoms with Gasteiger partial charge in [-0.3, -0.25) is 0 Å². The van der Waals surface area contributed by atoms with Crippen LogP contribution in [-0.4, -0.2) is 28.2 Å². The molecule has 6 heteroatoms. The third kappa shape index (κ3) is 3.54. The Bertz CT molecular complexity index is 853. The lowest BCUT2D eigenvalue weighted by Gasteiger charge is -2.02. The summed E-state index contributed by atoms with van der Waals surface area (Å²) in [5.41, 5.74) is 2.44. The molecule has 23 heavy (non-hydrogen) atoms. The normalized spacial score (nSPS) is 11.6. The Morgan fingerprint density at radius 1 is 1.26 bits per heavy atom. The predicted octanol–water partition coefficient (Wildman–Crippen LogP) is 3.79. The van der Waals surface area contributed by atoms with Crippen LogP contribution in [0.3, 0.4) is 0 Å². The molecule has 0 fully saturated rings. The van der Waals surface area contributed by atoms with Crippen LogP contribution in [-0.2, 0) is 4.79 Å². The van der Waals surface area contributed by atoms with Crippen LogP contribution >= 0.6 is 11.8 Å². The van der Waals surface area contributed by atoms with Gasteiger partial charge >= 0.3 is 5.97 Å². The molecule has 0 atom stereocenters. The topological polar surface area (TPSA) is 75.2 Å². The van der Waals surface area contributed by atoms with Gasteiger partial charge in [-0.15, -0.1) is 0 Å². The van der Waals surface area contributed by atoms with Crippen molar-refractivity contribution in [1.82, 2.24) is 9.97 Å². The lowest BCUT2D eigenvalue weighted by molar-refractivity contribution is -0.131. The Morgan fingerprint density at radius 2 is 2.09 bits per heavy atom. The summed E-state index contributed by atoms with van der Waals surface area (Å²) in [6.07, 6.45) is 1.60. The summed E-state index contributed by atoms with van der Waals surface area (Å²) >= 11 is 1.08. The number of hydrogen-bond acceptors (Lipinski definition) is 4. The zero-order chi connectivity index (χ0) is 16.2. The third-order valence-electron chi connectivity index (χ3n) is 3.18. The van der Waals surface area contributed by atoms with Crippen LogP contribution in [0, 0.1) is 0 Å². The van der Waals surface area contributed by atoms with Crippen molar-refractivity contribution in [1.29, 1.82) is 0 Å². The number of benzene rings is 2. The van der Waals surface area contributed by atoms with E-state index in [2.05, 4.69) is 9.97 Å². The van der Waals surface area contributed by atoms with Crippen molar-refractivity contribution in [3.05, 3.63) is 59.0 Å². The molecule has 0 aliphatic carbocycles. The van der Waals surface area contributed by atoms with E-state index in [9.17, 15) is 9.90 Å². The van der Waals surface area contributed by atoms with E-state index in [4.69, 9.17) is 4.74 Å². The number of rotatable bonds is 5. The number of carbonyl (C=O) groups is 1. The average Bonchev–Trinajstić information content (AvgIpc) is 2.96. The highest BCUT2D eigenvalue weighted by Crippen LogP contribution is 2.28. The number of aromatic amines is 1. The molecule has 1 heterocycles. The molecule has 0 spiro atoms. The summed E-state index contributed by atoms with van der Waals surface area (Å²) < 4.78 is 5.15. The van der Waals surface area contributed by atoms with Crippen molar-refractivity contribution in [3.63, 3.8) is 0 Å². The number of carboxylic acids is 1. The van der Waals surface area contributed by atoms with Crippen molar-refractivity contribution in [3.8, 4) is 5.75 Å². The van der Waals surface area contributed by atoms with Gasteiger partial charge in [0.05, 0.1) is 18.1 Å². The summed E-state index contributed by atoms with van der Waals surface area (Å²) in [5.74, 6) is -0.324. The van der Waals surface area contributed by atoms with Gasteiger partial charge in [0.2, 0.25) is 0 Å². The van der Waals surface area contributed by atoms with Crippen LogP contribution in [0.25, 0.3) is 17.1 Å². The summed E-state index contributed by atoms with van der Waals surface area (Å²) in [6, 6.07) is 14.8. The van der Waals surface area contributed by atoms with E-state index in [0.29, 0.717) is 10.9 Å². The number of nitrogens with zero attached hydrogens (tertiary/aromatic N) is 1. The van der Waals surface area contributed by atoms with Crippen molar-refractivity contribution < 1.29 is 14.6 Å². The molecule has 0 saturated carbocycles. The fourth-order valence-electron chi connectivity index (χ4n) is 2.10. The number of hydrogen-bond donors (Lipinski definition) is 2. The van der Waals surface area contributed by atoms with Crippen LogP contribution in [0.1, 0.15) is 5.56 Å². The first-order valence-corrected chi connectivity index (χ1v) is 7.69. The quantitative estimate of drug-likeness (QED) is 0.551. The van der Waals surface area contributed by atoms with Crippen LogP contribution in [0.4, 0.5) is 0 Å². The van der Waals surface area contributed by atoms with Gasteiger partial charge in [-0.05, 0) is 47.7 Å². The lowest BCUT2D eigenvalue weighted by atomic mass is 10.2. The lowest BCUT2D eigenvalue weighted by Crippen LogP contribution is -1.97. The zero-order valence-corrected chi connectivity index (χ0v) is 13.1. The van der Waals surface area contributed by atoms with Gasteiger partial charge in [-0.2, -0.15) is 0 Å². The van der Waals surface area contributed by atoms with Gasteiger partial charge in [0, 0.05) is 0 Å². The van der Waals surface area contributed by atoms with Crippen molar-refractivity contribution >= 4 is 34.8 Å². The average molecular weight is 326 g/mol. The van der Waals surface area contributed by atoms with E-state index in [1.807, 2.05) is 42.5 Å². The molecule has 3 rings (SSSR count). The maximum atomic E-state index is 11.5. The Balaban J connectivity index is 1.91. The number of imidazole rings is 1. The van der Waals surface area contributed by atoms with Gasteiger partial charge in [-0.25, -0.2) is 9.78 Å². The van der Waals surface area contributed by atoms with Crippen molar-refractivity contribution in [2.75, 3.05) is 7.11 Å². The van der Waals surface area contributed by atoms with Crippen LogP contribution in [0.2, 0.25) is 0 Å². The van der Waals surface area contributed by atoms with Crippen LogP contribution in [0.5, 0.6) is 5.75 Å². The first kappa shape index (κ1) is 15.2. The fraction of sp³-hybridized carbons (Fsp3) is 0.0588. The number of ether oxygens (including phenoxy) is 1. The summed E-state index contributed by atoms with van der Waals surface area (Å²) in [7, 11) is 1.57. The maximum absolute atomic E-state index is 11.5. The highest BCUT2D eigenvalue weighted by Gasteiger charge is 2.13. The molecule has 0 aliphatic rings. The number of carboxylic acid groups (broad SMARTS) is 1. The minimum absolute atomic E-state index is 0.178. The van der Waals surface area contributed by atoms with E-state index in [-0.39, 0.29) is 4.91 Å². The molecule has 5 nitrogen and oxygen atoms in total. The largest absolute Gasteiger partial charge is 0.497 e. The van der Waals surface area contributed by atoms with E-state index in [1.165, 1.54) is 0 Å². The number of nitrogens with one attached hydrogen (secondary N) is 1. The van der Waals surface area contributed by atoms with Crippen LogP contribution in [0.15, 0.2) is 58.6 Å². The molecule has 2 aromatic carbocycles. The predicted molar refractivity (Wildman–Crippen MR) is 90.6 cm³/mol. The van der Waals surface area contributed by atoms with Crippen LogP contribution < -0.4 is 4.74 Å².